The molecule has 0 aromatic heterocycles. The summed E-state index contributed by atoms with van der Waals surface area (Å²) in [5.74, 6) is 0.489. The van der Waals surface area contributed by atoms with Crippen LogP contribution in [0.5, 0.6) is 11.5 Å². The maximum atomic E-state index is 11.4. The van der Waals surface area contributed by atoms with E-state index in [0.29, 0.717) is 25.4 Å². The molecule has 0 unspecified atom stereocenters. The normalized spacial score (nSPS) is 20.0. The van der Waals surface area contributed by atoms with Crippen molar-refractivity contribution in [2.24, 2.45) is 5.16 Å². The van der Waals surface area contributed by atoms with Crippen molar-refractivity contribution in [2.45, 2.75) is 24.9 Å². The van der Waals surface area contributed by atoms with E-state index in [9.17, 15) is 8.42 Å². The number of rotatable bonds is 4. The van der Waals surface area contributed by atoms with Crippen molar-refractivity contribution in [1.29, 1.82) is 0 Å². The Morgan fingerprint density at radius 3 is 2.61 bits per heavy atom. The summed E-state index contributed by atoms with van der Waals surface area (Å²) in [4.78, 5) is 5.66. The molecule has 1 fully saturated rings. The Labute approximate surface area is 135 Å². The molecule has 0 atom stereocenters. The first-order valence-electron chi connectivity index (χ1n) is 7.31. The first-order chi connectivity index (χ1) is 10.9. The second-order valence-electron chi connectivity index (χ2n) is 5.75. The van der Waals surface area contributed by atoms with Crippen molar-refractivity contribution in [1.82, 2.24) is 0 Å². The highest BCUT2D eigenvalue weighted by Crippen LogP contribution is 2.37. The van der Waals surface area contributed by atoms with E-state index in [4.69, 9.17) is 18.5 Å². The quantitative estimate of drug-likeness (QED) is 0.775. The van der Waals surface area contributed by atoms with Gasteiger partial charge in [-0.15, -0.1) is 0 Å². The van der Waals surface area contributed by atoms with Gasteiger partial charge in [0.25, 0.3) is 0 Å². The molecule has 0 saturated carbocycles. The molecule has 7 nitrogen and oxygen atoms in total. The van der Waals surface area contributed by atoms with Crippen LogP contribution in [0, 0.1) is 0 Å². The lowest BCUT2D eigenvalue weighted by Crippen LogP contribution is -2.36. The van der Waals surface area contributed by atoms with Crippen LogP contribution in [-0.4, -0.2) is 46.3 Å². The molecular weight excluding hydrogens is 322 g/mol. The Balaban J connectivity index is 1.85. The number of hydrogen-bond donors (Lipinski definition) is 0. The van der Waals surface area contributed by atoms with Crippen molar-refractivity contribution in [3.63, 3.8) is 0 Å². The van der Waals surface area contributed by atoms with E-state index >= 15 is 0 Å². The lowest BCUT2D eigenvalue weighted by atomic mass is 9.87. The molecule has 0 amide bonds. The summed E-state index contributed by atoms with van der Waals surface area (Å²) in [6, 6.07) is 5.09. The van der Waals surface area contributed by atoms with Crippen LogP contribution in [0.15, 0.2) is 23.4 Å². The van der Waals surface area contributed by atoms with Crippen LogP contribution in [0.2, 0.25) is 0 Å². The molecule has 0 bridgehead atoms. The summed E-state index contributed by atoms with van der Waals surface area (Å²) in [6.07, 6.45) is 3.25. The maximum Gasteiger partial charge on any atom is 0.306 e. The van der Waals surface area contributed by atoms with Crippen LogP contribution in [0.4, 0.5) is 0 Å². The Hall–Kier alpha value is -1.80. The third kappa shape index (κ3) is 3.59. The smallest absolute Gasteiger partial charge is 0.306 e. The molecule has 1 aromatic carbocycles. The van der Waals surface area contributed by atoms with Crippen molar-refractivity contribution >= 4 is 15.8 Å². The van der Waals surface area contributed by atoms with E-state index in [0.717, 1.165) is 30.4 Å². The number of nitrogens with zero attached hydrogens (tertiary/aromatic N) is 1. The Kier molecular flexibility index (Phi) is 4.20. The van der Waals surface area contributed by atoms with Gasteiger partial charge in [-0.25, -0.2) is 0 Å². The molecule has 1 spiro atoms. The van der Waals surface area contributed by atoms with Gasteiger partial charge in [0.15, 0.2) is 11.5 Å². The van der Waals surface area contributed by atoms with E-state index in [2.05, 4.69) is 5.16 Å². The lowest BCUT2D eigenvalue weighted by Gasteiger charge is -2.30. The summed E-state index contributed by atoms with van der Waals surface area (Å²) >= 11 is 0. The van der Waals surface area contributed by atoms with Crippen molar-refractivity contribution in [3.05, 3.63) is 23.8 Å². The highest BCUT2D eigenvalue weighted by molar-refractivity contribution is 7.86. The minimum atomic E-state index is -3.64. The van der Waals surface area contributed by atoms with Crippen LogP contribution < -0.4 is 8.92 Å². The molecule has 1 aromatic rings. The Morgan fingerprint density at radius 1 is 1.22 bits per heavy atom. The number of benzene rings is 1. The summed E-state index contributed by atoms with van der Waals surface area (Å²) in [7, 11) is -2.19. The third-order valence-corrected chi connectivity index (χ3v) is 4.46. The fraction of sp³-hybridized carbons (Fsp3) is 0.533. The van der Waals surface area contributed by atoms with Gasteiger partial charge in [-0.1, -0.05) is 5.16 Å². The molecule has 23 heavy (non-hydrogen) atoms. The van der Waals surface area contributed by atoms with Gasteiger partial charge in [0.05, 0.1) is 32.3 Å². The molecule has 0 aliphatic carbocycles. The molecule has 2 aliphatic heterocycles. The van der Waals surface area contributed by atoms with Gasteiger partial charge >= 0.3 is 10.1 Å². The van der Waals surface area contributed by atoms with Crippen molar-refractivity contribution < 1.29 is 26.9 Å². The second-order valence-corrected chi connectivity index (χ2v) is 7.33. The molecule has 0 N–H and O–H groups in total. The molecular formula is C15H19NO6S. The third-order valence-electron chi connectivity index (χ3n) is 3.98. The fourth-order valence-electron chi connectivity index (χ4n) is 2.77. The monoisotopic (exact) mass is 341 g/mol. The summed E-state index contributed by atoms with van der Waals surface area (Å²) in [5, 5.41) is 4.19. The van der Waals surface area contributed by atoms with Crippen LogP contribution in [-0.2, 0) is 19.7 Å². The number of hydrogen-bond acceptors (Lipinski definition) is 7. The zero-order valence-electron chi connectivity index (χ0n) is 13.1. The summed E-state index contributed by atoms with van der Waals surface area (Å²) in [6.45, 7) is 1.32. The number of oxime groups is 1. The van der Waals surface area contributed by atoms with Crippen LogP contribution in [0.3, 0.4) is 0 Å². The number of methoxy groups -OCH3 is 1. The van der Waals surface area contributed by atoms with Crippen molar-refractivity contribution in [3.8, 4) is 11.5 Å². The van der Waals surface area contributed by atoms with Crippen LogP contribution in [0.1, 0.15) is 24.8 Å². The lowest BCUT2D eigenvalue weighted by molar-refractivity contribution is -0.0919. The minimum absolute atomic E-state index is 0.142. The van der Waals surface area contributed by atoms with Gasteiger partial charge < -0.3 is 18.5 Å². The summed E-state index contributed by atoms with van der Waals surface area (Å²) in [5.41, 5.74) is 1.23. The van der Waals surface area contributed by atoms with Crippen LogP contribution >= 0.6 is 0 Å². The molecule has 2 heterocycles. The van der Waals surface area contributed by atoms with Crippen LogP contribution in [0.25, 0.3) is 0 Å². The molecule has 0 radical (unpaired) electrons. The van der Waals surface area contributed by atoms with Gasteiger partial charge in [0, 0.05) is 24.8 Å². The number of ether oxygens (including phenoxy) is 2. The largest absolute Gasteiger partial charge is 0.493 e. The zero-order chi connectivity index (χ0) is 16.5. The predicted octanol–water partition coefficient (Wildman–Crippen LogP) is 1.71. The topological polar surface area (TPSA) is 83.4 Å². The SMILES string of the molecule is COc1ccc(C2=NOC3(CCOCC3)C2)cc1OS(C)(=O)=O. The van der Waals surface area contributed by atoms with Gasteiger partial charge in [-0.3, -0.25) is 0 Å². The summed E-state index contributed by atoms with van der Waals surface area (Å²) < 4.78 is 38.3. The molecule has 126 valence electrons. The van der Waals surface area contributed by atoms with E-state index in [1.165, 1.54) is 7.11 Å². The van der Waals surface area contributed by atoms with E-state index in [-0.39, 0.29) is 11.4 Å². The van der Waals surface area contributed by atoms with Gasteiger partial charge in [0.2, 0.25) is 0 Å². The minimum Gasteiger partial charge on any atom is -0.493 e. The van der Waals surface area contributed by atoms with Crippen molar-refractivity contribution in [2.75, 3.05) is 26.6 Å². The van der Waals surface area contributed by atoms with Gasteiger partial charge in [-0.05, 0) is 18.2 Å². The predicted molar refractivity (Wildman–Crippen MR) is 83.5 cm³/mol. The first-order valence-corrected chi connectivity index (χ1v) is 9.13. The molecule has 8 heteroatoms. The Morgan fingerprint density at radius 2 is 1.96 bits per heavy atom. The molecule has 1 saturated heterocycles. The highest BCUT2D eigenvalue weighted by Gasteiger charge is 2.41. The molecule has 2 aliphatic rings. The average molecular weight is 341 g/mol. The van der Waals surface area contributed by atoms with Gasteiger partial charge in [-0.2, -0.15) is 8.42 Å². The fourth-order valence-corrected chi connectivity index (χ4v) is 3.23. The standard InChI is InChI=1S/C15H19NO6S/c1-19-13-4-3-11(9-14(13)21-23(2,17)18)12-10-15(22-16-12)5-7-20-8-6-15/h3-4,9H,5-8,10H2,1-2H3. The van der Waals surface area contributed by atoms with E-state index < -0.39 is 10.1 Å². The first kappa shape index (κ1) is 16.1. The average Bonchev–Trinajstić information content (AvgIpc) is 2.90. The second kappa shape index (κ2) is 6.01. The maximum absolute atomic E-state index is 11.4. The van der Waals surface area contributed by atoms with Gasteiger partial charge in [0.1, 0.15) is 5.60 Å². The zero-order valence-corrected chi connectivity index (χ0v) is 13.9. The van der Waals surface area contributed by atoms with E-state index in [1.54, 1.807) is 12.1 Å². The molecule has 3 rings (SSSR count). The Bertz CT molecular complexity index is 721. The highest BCUT2D eigenvalue weighted by atomic mass is 32.2. The van der Waals surface area contributed by atoms with E-state index in [1.807, 2.05) is 6.07 Å².